The number of thiazole rings is 1. The van der Waals surface area contributed by atoms with E-state index in [4.69, 9.17) is 5.11 Å². The summed E-state index contributed by atoms with van der Waals surface area (Å²) in [5, 5.41) is 14.8. The van der Waals surface area contributed by atoms with Crippen LogP contribution in [-0.4, -0.2) is 22.0 Å². The van der Waals surface area contributed by atoms with Gasteiger partial charge in [-0.2, -0.15) is 0 Å². The molecule has 0 bridgehead atoms. The molecule has 19 heavy (non-hydrogen) atoms. The van der Waals surface area contributed by atoms with Gasteiger partial charge in [-0.05, 0) is 11.8 Å². The van der Waals surface area contributed by atoms with Crippen LogP contribution in [0.1, 0.15) is 31.5 Å². The Kier molecular flexibility index (Phi) is 3.62. The fourth-order valence-corrected chi connectivity index (χ4v) is 3.21. The lowest BCUT2D eigenvalue weighted by Gasteiger charge is -2.04. The number of hydrogen-bond donors (Lipinski definition) is 2. The Morgan fingerprint density at radius 3 is 2.63 bits per heavy atom. The molecule has 1 fully saturated rings. The Balaban J connectivity index is 1.91. The summed E-state index contributed by atoms with van der Waals surface area (Å²) in [7, 11) is 0. The van der Waals surface area contributed by atoms with E-state index in [2.05, 4.69) is 10.3 Å². The smallest absolute Gasteiger partial charge is 0.307 e. The summed E-state index contributed by atoms with van der Waals surface area (Å²) in [5.74, 6) is -2.10. The van der Waals surface area contributed by atoms with Gasteiger partial charge >= 0.3 is 5.97 Å². The zero-order valence-corrected chi connectivity index (χ0v) is 12.1. The third-order valence-electron chi connectivity index (χ3n) is 3.72. The highest BCUT2D eigenvalue weighted by Gasteiger charge is 2.65. The summed E-state index contributed by atoms with van der Waals surface area (Å²) in [6.07, 6.45) is 0.884. The van der Waals surface area contributed by atoms with Crippen molar-refractivity contribution in [3.05, 3.63) is 16.1 Å². The topological polar surface area (TPSA) is 79.3 Å². The first-order valence-corrected chi connectivity index (χ1v) is 7.19. The molecular weight excluding hydrogens is 264 g/mol. The van der Waals surface area contributed by atoms with Crippen molar-refractivity contribution in [3.8, 4) is 0 Å². The molecule has 1 aromatic rings. The van der Waals surface area contributed by atoms with E-state index < -0.39 is 23.2 Å². The molecule has 2 N–H and O–H groups in total. The predicted molar refractivity (Wildman–Crippen MR) is 71.7 cm³/mol. The molecular formula is C13H18N2O3S. The van der Waals surface area contributed by atoms with E-state index in [1.54, 1.807) is 11.3 Å². The van der Waals surface area contributed by atoms with Crippen molar-refractivity contribution in [1.29, 1.82) is 0 Å². The maximum Gasteiger partial charge on any atom is 0.307 e. The minimum absolute atomic E-state index is 0.191. The molecule has 5 nitrogen and oxygen atoms in total. The molecule has 0 saturated heterocycles. The molecule has 0 radical (unpaired) electrons. The van der Waals surface area contributed by atoms with Crippen LogP contribution < -0.4 is 5.32 Å². The number of carboxylic acids is 1. The van der Waals surface area contributed by atoms with Crippen molar-refractivity contribution in [2.45, 2.75) is 33.7 Å². The van der Waals surface area contributed by atoms with Gasteiger partial charge < -0.3 is 10.4 Å². The summed E-state index contributed by atoms with van der Waals surface area (Å²) >= 11 is 1.57. The fraction of sp³-hybridized carbons (Fsp3) is 0.615. The van der Waals surface area contributed by atoms with Gasteiger partial charge in [0, 0.05) is 5.38 Å². The quantitative estimate of drug-likeness (QED) is 0.861. The van der Waals surface area contributed by atoms with Gasteiger partial charge in [0.25, 0.3) is 0 Å². The molecule has 2 rings (SSSR count). The molecule has 0 aliphatic heterocycles. The van der Waals surface area contributed by atoms with Gasteiger partial charge in [0.2, 0.25) is 5.91 Å². The van der Waals surface area contributed by atoms with Gasteiger partial charge in [-0.15, -0.1) is 11.3 Å². The molecule has 0 unspecified atom stereocenters. The van der Waals surface area contributed by atoms with Crippen LogP contribution in [0.25, 0.3) is 0 Å². The molecule has 1 heterocycles. The molecule has 1 saturated carbocycles. The molecule has 1 aromatic heterocycles. The lowest BCUT2D eigenvalue weighted by Crippen LogP contribution is -2.27. The first-order valence-electron chi connectivity index (χ1n) is 6.31. The highest BCUT2D eigenvalue weighted by molar-refractivity contribution is 7.09. The number of carboxylic acid groups (broad SMARTS) is 1. The van der Waals surface area contributed by atoms with E-state index in [9.17, 15) is 9.59 Å². The van der Waals surface area contributed by atoms with E-state index in [1.165, 1.54) is 0 Å². The van der Waals surface area contributed by atoms with Crippen molar-refractivity contribution >= 4 is 23.2 Å². The van der Waals surface area contributed by atoms with Crippen LogP contribution >= 0.6 is 11.3 Å². The SMILES string of the molecule is CCc1nc(CNC(=O)[C@@H]2[C@H](C(=O)O)C2(C)C)cs1. The van der Waals surface area contributed by atoms with Gasteiger partial charge in [-0.3, -0.25) is 9.59 Å². The Bertz CT molecular complexity index is 510. The maximum atomic E-state index is 12.0. The minimum atomic E-state index is -0.896. The lowest BCUT2D eigenvalue weighted by molar-refractivity contribution is -0.140. The normalized spacial score (nSPS) is 23.9. The Labute approximate surface area is 116 Å². The number of rotatable bonds is 5. The second-order valence-corrected chi connectivity index (χ2v) is 6.36. The van der Waals surface area contributed by atoms with Crippen LogP contribution in [0, 0.1) is 17.3 Å². The molecule has 2 atom stereocenters. The summed E-state index contributed by atoms with van der Waals surface area (Å²) in [6, 6.07) is 0. The molecule has 6 heteroatoms. The van der Waals surface area contributed by atoms with Gasteiger partial charge in [-0.1, -0.05) is 20.8 Å². The lowest BCUT2D eigenvalue weighted by atomic mass is 10.1. The zero-order valence-electron chi connectivity index (χ0n) is 11.3. The van der Waals surface area contributed by atoms with E-state index in [0.717, 1.165) is 17.1 Å². The van der Waals surface area contributed by atoms with E-state index in [1.807, 2.05) is 26.2 Å². The molecule has 0 spiro atoms. The minimum Gasteiger partial charge on any atom is -0.481 e. The summed E-state index contributed by atoms with van der Waals surface area (Å²) in [6.45, 7) is 6.03. The van der Waals surface area contributed by atoms with Crippen molar-refractivity contribution in [2.75, 3.05) is 0 Å². The maximum absolute atomic E-state index is 12.0. The van der Waals surface area contributed by atoms with Crippen LogP contribution in [0.5, 0.6) is 0 Å². The van der Waals surface area contributed by atoms with Gasteiger partial charge in [0.1, 0.15) is 0 Å². The van der Waals surface area contributed by atoms with Crippen LogP contribution in [-0.2, 0) is 22.6 Å². The average Bonchev–Trinajstić information content (AvgIpc) is 2.73. The molecule has 0 aromatic carbocycles. The molecule has 1 amide bonds. The van der Waals surface area contributed by atoms with Crippen LogP contribution in [0.15, 0.2) is 5.38 Å². The van der Waals surface area contributed by atoms with E-state index >= 15 is 0 Å². The van der Waals surface area contributed by atoms with E-state index in [0.29, 0.717) is 6.54 Å². The van der Waals surface area contributed by atoms with Gasteiger partial charge in [-0.25, -0.2) is 4.98 Å². The van der Waals surface area contributed by atoms with Crippen LogP contribution in [0.4, 0.5) is 0 Å². The van der Waals surface area contributed by atoms with E-state index in [-0.39, 0.29) is 5.91 Å². The summed E-state index contributed by atoms with van der Waals surface area (Å²) in [5.41, 5.74) is 0.382. The number of hydrogen-bond acceptors (Lipinski definition) is 4. The summed E-state index contributed by atoms with van der Waals surface area (Å²) in [4.78, 5) is 27.4. The molecule has 1 aliphatic rings. The second-order valence-electron chi connectivity index (χ2n) is 5.42. The average molecular weight is 282 g/mol. The highest BCUT2D eigenvalue weighted by Crippen LogP contribution is 2.58. The van der Waals surface area contributed by atoms with Crippen molar-refractivity contribution in [1.82, 2.24) is 10.3 Å². The first kappa shape index (κ1) is 14.0. The van der Waals surface area contributed by atoms with Crippen LogP contribution in [0.2, 0.25) is 0 Å². The number of aromatic nitrogens is 1. The van der Waals surface area contributed by atoms with Crippen LogP contribution in [0.3, 0.4) is 0 Å². The third-order valence-corrected chi connectivity index (χ3v) is 4.76. The third kappa shape index (κ3) is 2.63. The van der Waals surface area contributed by atoms with Crippen molar-refractivity contribution in [2.24, 2.45) is 17.3 Å². The predicted octanol–water partition coefficient (Wildman–Crippen LogP) is 1.68. The molecule has 1 aliphatic carbocycles. The van der Waals surface area contributed by atoms with Crippen molar-refractivity contribution < 1.29 is 14.7 Å². The largest absolute Gasteiger partial charge is 0.481 e. The standard InChI is InChI=1S/C13H18N2O3S/c1-4-8-15-7(6-19-8)5-14-11(16)9-10(12(17)18)13(9,2)3/h6,9-10H,4-5H2,1-3H3,(H,14,16)(H,17,18)/t9-,10+/m0/s1. The first-order chi connectivity index (χ1) is 8.87. The fourth-order valence-electron chi connectivity index (χ4n) is 2.47. The Morgan fingerprint density at radius 2 is 2.16 bits per heavy atom. The number of amides is 1. The zero-order chi connectivity index (χ0) is 14.2. The highest BCUT2D eigenvalue weighted by atomic mass is 32.1. The number of aryl methyl sites for hydroxylation is 1. The number of nitrogens with one attached hydrogen (secondary N) is 1. The molecule has 104 valence electrons. The Hall–Kier alpha value is -1.43. The number of carbonyl (C=O) groups is 2. The monoisotopic (exact) mass is 282 g/mol. The number of carbonyl (C=O) groups excluding carboxylic acids is 1. The summed E-state index contributed by atoms with van der Waals surface area (Å²) < 4.78 is 0. The second kappa shape index (κ2) is 4.92. The van der Waals surface area contributed by atoms with Crippen molar-refractivity contribution in [3.63, 3.8) is 0 Å². The Morgan fingerprint density at radius 1 is 1.47 bits per heavy atom. The number of nitrogens with zero attached hydrogens (tertiary/aromatic N) is 1. The van der Waals surface area contributed by atoms with Gasteiger partial charge in [0.15, 0.2) is 0 Å². The number of aliphatic carboxylic acids is 1. The van der Waals surface area contributed by atoms with Gasteiger partial charge in [0.05, 0.1) is 29.1 Å².